The van der Waals surface area contributed by atoms with Crippen molar-refractivity contribution in [3.63, 3.8) is 0 Å². The number of nitrogens with zero attached hydrogens (tertiary/aromatic N) is 1. The number of carbonyl (C=O) groups excluding carboxylic acids is 1. The summed E-state index contributed by atoms with van der Waals surface area (Å²) in [4.78, 5) is 15.0. The van der Waals surface area contributed by atoms with Crippen LogP contribution in [0.5, 0.6) is 5.75 Å². The first-order valence-corrected chi connectivity index (χ1v) is 6.95. The molecule has 1 aromatic rings. The molecule has 19 heavy (non-hydrogen) atoms. The van der Waals surface area contributed by atoms with Crippen LogP contribution in [0.3, 0.4) is 0 Å². The molecule has 1 unspecified atom stereocenters. The minimum Gasteiger partial charge on any atom is -0.497 e. The minimum absolute atomic E-state index is 0.0571. The summed E-state index contributed by atoms with van der Waals surface area (Å²) in [5.74, 6) is 1.04. The Morgan fingerprint density at radius 1 is 1.32 bits per heavy atom. The first kappa shape index (κ1) is 12.6. The second-order valence-corrected chi connectivity index (χ2v) is 5.23. The van der Waals surface area contributed by atoms with Crippen molar-refractivity contribution in [2.45, 2.75) is 18.9 Å². The smallest absolute Gasteiger partial charge is 0.180 e. The summed E-state index contributed by atoms with van der Waals surface area (Å²) in [7, 11) is 1.64. The summed E-state index contributed by atoms with van der Waals surface area (Å²) in [5.41, 5.74) is 2.02. The monoisotopic (exact) mass is 260 g/mol. The van der Waals surface area contributed by atoms with E-state index < -0.39 is 0 Å². The molecule has 0 spiro atoms. The van der Waals surface area contributed by atoms with E-state index in [1.807, 2.05) is 18.2 Å². The average molecular weight is 260 g/mol. The molecule has 2 aliphatic rings. The molecule has 0 radical (unpaired) electrons. The highest BCUT2D eigenvalue weighted by molar-refractivity contribution is 6.02. The number of Topliss-reactive ketones (excluding diaryl/α,β-unsaturated/α-hetero) is 1. The molecular formula is C15H20N2O2. The van der Waals surface area contributed by atoms with Gasteiger partial charge in [0.25, 0.3) is 0 Å². The van der Waals surface area contributed by atoms with Crippen LogP contribution >= 0.6 is 0 Å². The lowest BCUT2D eigenvalue weighted by molar-refractivity contribution is 0.0766. The van der Waals surface area contributed by atoms with Crippen molar-refractivity contribution >= 4 is 5.78 Å². The molecule has 4 nitrogen and oxygen atoms in total. The Labute approximate surface area is 113 Å². The van der Waals surface area contributed by atoms with E-state index in [9.17, 15) is 4.79 Å². The number of rotatable bonds is 2. The minimum atomic E-state index is 0.0571. The van der Waals surface area contributed by atoms with Crippen LogP contribution in [-0.4, -0.2) is 50.0 Å². The van der Waals surface area contributed by atoms with Crippen molar-refractivity contribution in [3.8, 4) is 5.75 Å². The lowest BCUT2D eigenvalue weighted by Crippen LogP contribution is -2.52. The van der Waals surface area contributed by atoms with Crippen LogP contribution in [0.25, 0.3) is 0 Å². The molecule has 4 heteroatoms. The lowest BCUT2D eigenvalue weighted by atomic mass is 9.86. The highest BCUT2D eigenvalue weighted by Gasteiger charge is 2.32. The molecule has 0 saturated carbocycles. The van der Waals surface area contributed by atoms with E-state index in [1.165, 1.54) is 0 Å². The van der Waals surface area contributed by atoms with Crippen LogP contribution in [0, 0.1) is 0 Å². The number of carbonyl (C=O) groups is 1. The zero-order valence-electron chi connectivity index (χ0n) is 11.3. The molecule has 0 aromatic heterocycles. The third-order valence-electron chi connectivity index (χ3n) is 4.16. The van der Waals surface area contributed by atoms with Gasteiger partial charge in [0, 0.05) is 31.7 Å². The topological polar surface area (TPSA) is 41.6 Å². The maximum Gasteiger partial charge on any atom is 0.180 e. The Morgan fingerprint density at radius 2 is 2.11 bits per heavy atom. The van der Waals surface area contributed by atoms with Crippen molar-refractivity contribution in [1.29, 1.82) is 0 Å². The normalized spacial score (nSPS) is 24.1. The van der Waals surface area contributed by atoms with Crippen LogP contribution < -0.4 is 10.1 Å². The zero-order chi connectivity index (χ0) is 13.2. The predicted octanol–water partition coefficient (Wildman–Crippen LogP) is 1.10. The number of hydrogen-bond donors (Lipinski definition) is 1. The molecule has 1 saturated heterocycles. The van der Waals surface area contributed by atoms with E-state index in [0.29, 0.717) is 0 Å². The molecule has 1 aromatic carbocycles. The number of methoxy groups -OCH3 is 1. The number of aryl methyl sites for hydroxylation is 1. The summed E-state index contributed by atoms with van der Waals surface area (Å²) in [6.45, 7) is 3.90. The largest absolute Gasteiger partial charge is 0.497 e. The van der Waals surface area contributed by atoms with E-state index in [2.05, 4.69) is 10.2 Å². The van der Waals surface area contributed by atoms with Crippen LogP contribution in [0.1, 0.15) is 22.3 Å². The van der Waals surface area contributed by atoms with Gasteiger partial charge in [-0.3, -0.25) is 9.69 Å². The molecule has 1 fully saturated rings. The molecule has 1 atom stereocenters. The number of nitrogens with one attached hydrogen (secondary N) is 1. The first-order chi connectivity index (χ1) is 9.29. The summed E-state index contributed by atoms with van der Waals surface area (Å²) in [6.07, 6.45) is 1.93. The van der Waals surface area contributed by atoms with Gasteiger partial charge in [0.1, 0.15) is 5.75 Å². The quantitative estimate of drug-likeness (QED) is 0.864. The summed E-state index contributed by atoms with van der Waals surface area (Å²) < 4.78 is 5.23. The van der Waals surface area contributed by atoms with E-state index in [1.54, 1.807) is 7.11 Å². The average Bonchev–Trinajstić information content (AvgIpc) is 2.48. The van der Waals surface area contributed by atoms with Gasteiger partial charge in [-0.15, -0.1) is 0 Å². The third-order valence-corrected chi connectivity index (χ3v) is 4.16. The molecule has 1 N–H and O–H groups in total. The lowest BCUT2D eigenvalue weighted by Gasteiger charge is -2.36. The first-order valence-electron chi connectivity index (χ1n) is 6.95. The van der Waals surface area contributed by atoms with Crippen molar-refractivity contribution in [2.24, 2.45) is 0 Å². The van der Waals surface area contributed by atoms with E-state index in [-0.39, 0.29) is 11.8 Å². The van der Waals surface area contributed by atoms with Crippen LogP contribution in [0.4, 0.5) is 0 Å². The zero-order valence-corrected chi connectivity index (χ0v) is 11.3. The summed E-state index contributed by atoms with van der Waals surface area (Å²) >= 11 is 0. The molecule has 3 rings (SSSR count). The van der Waals surface area contributed by atoms with E-state index in [0.717, 1.165) is 55.9 Å². The summed E-state index contributed by atoms with van der Waals surface area (Å²) in [6, 6.07) is 5.92. The summed E-state index contributed by atoms with van der Waals surface area (Å²) in [5, 5.41) is 3.33. The Balaban J connectivity index is 1.85. The fourth-order valence-electron chi connectivity index (χ4n) is 3.07. The van der Waals surface area contributed by atoms with Gasteiger partial charge >= 0.3 is 0 Å². The van der Waals surface area contributed by atoms with Gasteiger partial charge < -0.3 is 10.1 Å². The number of ether oxygens (including phenoxy) is 1. The van der Waals surface area contributed by atoms with E-state index in [4.69, 9.17) is 4.74 Å². The highest BCUT2D eigenvalue weighted by atomic mass is 16.5. The molecule has 1 aliphatic carbocycles. The highest BCUT2D eigenvalue weighted by Crippen LogP contribution is 2.28. The van der Waals surface area contributed by atoms with E-state index >= 15 is 0 Å². The number of hydrogen-bond acceptors (Lipinski definition) is 4. The maximum atomic E-state index is 12.7. The second kappa shape index (κ2) is 5.31. The van der Waals surface area contributed by atoms with Crippen LogP contribution in [0.2, 0.25) is 0 Å². The maximum absolute atomic E-state index is 12.7. The van der Waals surface area contributed by atoms with Gasteiger partial charge in [-0.1, -0.05) is 6.07 Å². The fourth-order valence-corrected chi connectivity index (χ4v) is 3.07. The third kappa shape index (κ3) is 2.38. The van der Waals surface area contributed by atoms with Crippen molar-refractivity contribution in [3.05, 3.63) is 29.3 Å². The number of ketones is 1. The Hall–Kier alpha value is -1.39. The SMILES string of the molecule is COc1ccc2c(c1)C(=O)C(N1CCNCC1)CC2. The Bertz CT molecular complexity index is 481. The second-order valence-electron chi connectivity index (χ2n) is 5.23. The Morgan fingerprint density at radius 3 is 2.84 bits per heavy atom. The van der Waals surface area contributed by atoms with Crippen LogP contribution in [0.15, 0.2) is 18.2 Å². The molecular weight excluding hydrogens is 240 g/mol. The number of fused-ring (bicyclic) bond motifs is 1. The molecule has 0 amide bonds. The van der Waals surface area contributed by atoms with Gasteiger partial charge in [0.2, 0.25) is 0 Å². The molecule has 0 bridgehead atoms. The molecule has 102 valence electrons. The number of piperazine rings is 1. The standard InChI is InChI=1S/C15H20N2O2/c1-19-12-4-2-11-3-5-14(15(18)13(11)10-12)17-8-6-16-7-9-17/h2,4,10,14,16H,3,5-9H2,1H3. The van der Waals surface area contributed by atoms with Crippen molar-refractivity contribution in [1.82, 2.24) is 10.2 Å². The fraction of sp³-hybridized carbons (Fsp3) is 0.533. The Kier molecular flexibility index (Phi) is 3.53. The van der Waals surface area contributed by atoms with Gasteiger partial charge in [-0.05, 0) is 30.5 Å². The van der Waals surface area contributed by atoms with Crippen molar-refractivity contribution in [2.75, 3.05) is 33.3 Å². The van der Waals surface area contributed by atoms with Crippen molar-refractivity contribution < 1.29 is 9.53 Å². The number of benzene rings is 1. The van der Waals surface area contributed by atoms with Gasteiger partial charge in [-0.25, -0.2) is 0 Å². The van der Waals surface area contributed by atoms with Gasteiger partial charge in [0.15, 0.2) is 5.78 Å². The van der Waals surface area contributed by atoms with Gasteiger partial charge in [-0.2, -0.15) is 0 Å². The van der Waals surface area contributed by atoms with Gasteiger partial charge in [0.05, 0.1) is 13.2 Å². The van der Waals surface area contributed by atoms with Crippen LogP contribution in [-0.2, 0) is 6.42 Å². The molecule has 1 heterocycles. The molecule has 1 aliphatic heterocycles. The predicted molar refractivity (Wildman–Crippen MR) is 73.9 cm³/mol.